The Kier molecular flexibility index (Phi) is 2.73. The summed E-state index contributed by atoms with van der Waals surface area (Å²) in [5, 5.41) is -5.15. The Morgan fingerprint density at radius 3 is 1.56 bits per heavy atom. The Morgan fingerprint density at radius 1 is 1.00 bits per heavy atom. The van der Waals surface area contributed by atoms with Crippen molar-refractivity contribution in [1.29, 1.82) is 0 Å². The Balaban J connectivity index is 3.45. The number of halogens is 10. The van der Waals surface area contributed by atoms with Gasteiger partial charge in [-0.3, -0.25) is 0 Å². The van der Waals surface area contributed by atoms with E-state index in [0.717, 1.165) is 0 Å². The number of hydrogen-bond donors (Lipinski definition) is 0. The fourth-order valence-electron chi connectivity index (χ4n) is 1.19. The average molecular weight is 295 g/mol. The number of allylic oxidation sites excluding steroid dienone is 2. The zero-order chi connectivity index (χ0) is 13.2. The molecule has 16 heavy (non-hydrogen) atoms. The van der Waals surface area contributed by atoms with Gasteiger partial charge in [0.05, 0.1) is 0 Å². The van der Waals surface area contributed by atoms with Gasteiger partial charge in [-0.15, -0.1) is 0 Å². The topological polar surface area (TPSA) is 0 Å². The molecule has 0 nitrogen and oxygen atoms in total. The van der Waals surface area contributed by atoms with Crippen LogP contribution in [0, 0.1) is 0 Å². The van der Waals surface area contributed by atoms with Gasteiger partial charge in [0.15, 0.2) is 5.83 Å². The normalized spacial score (nSPS) is 30.4. The predicted molar refractivity (Wildman–Crippen MR) is 38.5 cm³/mol. The highest BCUT2D eigenvalue weighted by atomic mass is 35.5. The molecule has 0 N–H and O–H groups in total. The Hall–Kier alpha value is -0.240. The first-order valence-corrected chi connectivity index (χ1v) is 4.15. The summed E-state index contributed by atoms with van der Waals surface area (Å²) in [6, 6.07) is 0. The molecule has 0 saturated heterocycles. The number of hydrogen-bond acceptors (Lipinski definition) is 0. The average Bonchev–Trinajstić information content (AvgIpc) is 1.99. The molecule has 0 bridgehead atoms. The molecule has 1 rings (SSSR count). The molecular formula is C6Cl2F8. The van der Waals surface area contributed by atoms with E-state index in [1.54, 1.807) is 0 Å². The van der Waals surface area contributed by atoms with Gasteiger partial charge in [0, 0.05) is 0 Å². The van der Waals surface area contributed by atoms with Crippen LogP contribution in [-0.2, 0) is 0 Å². The zero-order valence-electron chi connectivity index (χ0n) is 6.78. The molecule has 94 valence electrons. The van der Waals surface area contributed by atoms with Crippen LogP contribution in [0.25, 0.3) is 0 Å². The first-order valence-electron chi connectivity index (χ1n) is 3.39. The van der Waals surface area contributed by atoms with Gasteiger partial charge in [-0.25, -0.2) is 4.39 Å². The molecule has 0 aromatic rings. The fraction of sp³-hybridized carbons (Fsp3) is 0.667. The maximum Gasteiger partial charge on any atom is 0.417 e. The second-order valence-electron chi connectivity index (χ2n) is 2.92. The minimum atomic E-state index is -5.76. The van der Waals surface area contributed by atoms with Gasteiger partial charge in [-0.1, -0.05) is 11.6 Å². The molecule has 0 aromatic heterocycles. The van der Waals surface area contributed by atoms with E-state index in [9.17, 15) is 35.1 Å². The molecule has 1 aliphatic rings. The van der Waals surface area contributed by atoms with Gasteiger partial charge < -0.3 is 0 Å². The Bertz CT molecular complexity index is 351. The lowest BCUT2D eigenvalue weighted by Gasteiger charge is -2.46. The molecule has 0 spiro atoms. The van der Waals surface area contributed by atoms with E-state index in [-0.39, 0.29) is 0 Å². The molecule has 0 heterocycles. The largest absolute Gasteiger partial charge is 0.417 e. The molecule has 0 aromatic carbocycles. The van der Waals surface area contributed by atoms with Crippen LogP contribution in [0.2, 0.25) is 0 Å². The van der Waals surface area contributed by atoms with Gasteiger partial charge in [-0.2, -0.15) is 30.7 Å². The zero-order valence-corrected chi connectivity index (χ0v) is 8.29. The van der Waals surface area contributed by atoms with Crippen molar-refractivity contribution in [3.05, 3.63) is 11.4 Å². The third-order valence-corrected chi connectivity index (χ3v) is 2.99. The van der Waals surface area contributed by atoms with Crippen LogP contribution in [0.3, 0.4) is 0 Å². The first-order chi connectivity index (χ1) is 6.78. The number of alkyl halides is 9. The highest BCUT2D eigenvalue weighted by Crippen LogP contribution is 2.67. The second-order valence-corrected chi connectivity index (χ2v) is 3.96. The summed E-state index contributed by atoms with van der Waals surface area (Å²) in [5.74, 6) is -8.22. The molecular weight excluding hydrogens is 295 g/mol. The lowest BCUT2D eigenvalue weighted by Crippen LogP contribution is -2.65. The lowest BCUT2D eigenvalue weighted by atomic mass is 9.78. The highest BCUT2D eigenvalue weighted by Gasteiger charge is 2.83. The van der Waals surface area contributed by atoms with E-state index in [0.29, 0.717) is 0 Å². The summed E-state index contributed by atoms with van der Waals surface area (Å²) in [6.45, 7) is 0. The van der Waals surface area contributed by atoms with Gasteiger partial charge in [0.1, 0.15) is 5.57 Å². The van der Waals surface area contributed by atoms with E-state index >= 15 is 0 Å². The SMILES string of the molecule is FC1=C(C(F)(F)F)C(Cl)(C(F)(F)Cl)C1(F)F. The molecule has 0 amide bonds. The van der Waals surface area contributed by atoms with E-state index in [1.165, 1.54) is 0 Å². The van der Waals surface area contributed by atoms with Crippen molar-refractivity contribution >= 4 is 23.2 Å². The van der Waals surface area contributed by atoms with Crippen molar-refractivity contribution in [3.8, 4) is 0 Å². The van der Waals surface area contributed by atoms with Crippen molar-refractivity contribution in [1.82, 2.24) is 0 Å². The van der Waals surface area contributed by atoms with Crippen molar-refractivity contribution < 1.29 is 35.1 Å². The van der Waals surface area contributed by atoms with Crippen LogP contribution in [0.1, 0.15) is 0 Å². The standard InChI is InChI=1S/C6Cl2F8/c7-3(6(8,15)16)1(5(12,13)14)2(9)4(3,10)11. The summed E-state index contributed by atoms with van der Waals surface area (Å²) in [5.41, 5.74) is -2.85. The summed E-state index contributed by atoms with van der Waals surface area (Å²) in [4.78, 5) is -4.62. The van der Waals surface area contributed by atoms with Crippen molar-refractivity contribution in [2.45, 2.75) is 22.4 Å². The maximum atomic E-state index is 12.6. The summed E-state index contributed by atoms with van der Waals surface area (Å²) in [6.07, 6.45) is -5.76. The monoisotopic (exact) mass is 294 g/mol. The summed E-state index contributed by atoms with van der Waals surface area (Å²) in [7, 11) is 0. The minimum Gasteiger partial charge on any atom is -0.205 e. The summed E-state index contributed by atoms with van der Waals surface area (Å²) >= 11 is 8.55. The van der Waals surface area contributed by atoms with Crippen LogP contribution in [0.15, 0.2) is 11.4 Å². The van der Waals surface area contributed by atoms with Crippen molar-refractivity contribution in [3.63, 3.8) is 0 Å². The number of rotatable bonds is 1. The quantitative estimate of drug-likeness (QED) is 0.501. The Labute approximate surface area is 92.8 Å². The minimum absolute atomic E-state index is 2.85. The van der Waals surface area contributed by atoms with Gasteiger partial charge in [0.2, 0.25) is 4.87 Å². The molecule has 10 heteroatoms. The third kappa shape index (κ3) is 1.42. The third-order valence-electron chi connectivity index (χ3n) is 1.95. The van der Waals surface area contributed by atoms with Crippen LogP contribution < -0.4 is 0 Å². The van der Waals surface area contributed by atoms with Gasteiger partial charge in [0.25, 0.3) is 0 Å². The fourth-order valence-corrected chi connectivity index (χ4v) is 1.68. The van der Waals surface area contributed by atoms with Crippen LogP contribution in [0.4, 0.5) is 35.1 Å². The van der Waals surface area contributed by atoms with Gasteiger partial charge >= 0.3 is 17.5 Å². The molecule has 0 fully saturated rings. The molecule has 1 aliphatic carbocycles. The van der Waals surface area contributed by atoms with Crippen LogP contribution in [-0.4, -0.2) is 22.4 Å². The van der Waals surface area contributed by atoms with E-state index in [2.05, 4.69) is 23.2 Å². The molecule has 1 unspecified atom stereocenters. The molecule has 1 atom stereocenters. The smallest absolute Gasteiger partial charge is 0.205 e. The molecule has 0 radical (unpaired) electrons. The Morgan fingerprint density at radius 2 is 1.38 bits per heavy atom. The van der Waals surface area contributed by atoms with E-state index in [1.807, 2.05) is 0 Å². The lowest BCUT2D eigenvalue weighted by molar-refractivity contribution is -0.175. The van der Waals surface area contributed by atoms with Crippen LogP contribution in [0.5, 0.6) is 0 Å². The van der Waals surface area contributed by atoms with Crippen molar-refractivity contribution in [2.24, 2.45) is 0 Å². The molecule has 0 saturated carbocycles. The molecule has 0 aliphatic heterocycles. The second kappa shape index (κ2) is 3.16. The summed E-state index contributed by atoms with van der Waals surface area (Å²) < 4.78 is 98.6. The van der Waals surface area contributed by atoms with E-state index < -0.39 is 33.8 Å². The first kappa shape index (κ1) is 13.8. The van der Waals surface area contributed by atoms with Crippen molar-refractivity contribution in [2.75, 3.05) is 0 Å². The maximum absolute atomic E-state index is 12.6. The highest BCUT2D eigenvalue weighted by molar-refractivity contribution is 6.36. The van der Waals surface area contributed by atoms with Gasteiger partial charge in [-0.05, 0) is 11.6 Å². The predicted octanol–water partition coefficient (Wildman–Crippen LogP) is 4.23. The van der Waals surface area contributed by atoms with E-state index in [4.69, 9.17) is 0 Å². The van der Waals surface area contributed by atoms with Crippen LogP contribution >= 0.6 is 23.2 Å².